The molecule has 0 amide bonds. The summed E-state index contributed by atoms with van der Waals surface area (Å²) in [7, 11) is 1.23. The van der Waals surface area contributed by atoms with Crippen LogP contribution in [-0.2, 0) is 9.53 Å². The van der Waals surface area contributed by atoms with Gasteiger partial charge in [0.1, 0.15) is 5.75 Å². The van der Waals surface area contributed by atoms with Crippen molar-refractivity contribution in [1.82, 2.24) is 0 Å². The summed E-state index contributed by atoms with van der Waals surface area (Å²) in [5.41, 5.74) is 6.07. The van der Waals surface area contributed by atoms with E-state index in [1.807, 2.05) is 0 Å². The Balaban J connectivity index is 2.84. The summed E-state index contributed by atoms with van der Waals surface area (Å²) in [6.07, 6.45) is -0.0971. The lowest BCUT2D eigenvalue weighted by molar-refractivity contribution is -0.141. The van der Waals surface area contributed by atoms with E-state index < -0.39 is 18.6 Å². The third kappa shape index (κ3) is 3.99. The Labute approximate surface area is 97.3 Å². The Bertz CT molecular complexity index is 385. The predicted octanol–water partition coefficient (Wildman–Crippen LogP) is 1.85. The zero-order valence-corrected chi connectivity index (χ0v) is 9.23. The third-order valence-electron chi connectivity index (χ3n) is 2.15. The van der Waals surface area contributed by atoms with Crippen LogP contribution in [-0.4, -0.2) is 19.7 Å². The number of carbonyl (C=O) groups excluding carboxylic acids is 1. The minimum Gasteiger partial charge on any atom is -0.469 e. The summed E-state index contributed by atoms with van der Waals surface area (Å²) in [5.74, 6) is -0.539. The Morgan fingerprint density at radius 3 is 2.65 bits per heavy atom. The van der Waals surface area contributed by atoms with Crippen LogP contribution in [0.1, 0.15) is 18.0 Å². The number of hydrogen-bond acceptors (Lipinski definition) is 4. The summed E-state index contributed by atoms with van der Waals surface area (Å²) in [6, 6.07) is 5.35. The predicted molar refractivity (Wildman–Crippen MR) is 56.6 cm³/mol. The van der Waals surface area contributed by atoms with E-state index in [-0.39, 0.29) is 12.2 Å². The van der Waals surface area contributed by atoms with Gasteiger partial charge in [-0.1, -0.05) is 18.2 Å². The average molecular weight is 245 g/mol. The average Bonchev–Trinajstić information content (AvgIpc) is 2.28. The van der Waals surface area contributed by atoms with Gasteiger partial charge in [0.2, 0.25) is 0 Å². The van der Waals surface area contributed by atoms with Crippen molar-refractivity contribution in [2.45, 2.75) is 19.1 Å². The van der Waals surface area contributed by atoms with E-state index in [0.717, 1.165) is 0 Å². The number of nitrogens with two attached hydrogens (primary N) is 1. The maximum absolute atomic E-state index is 12.1. The van der Waals surface area contributed by atoms with Gasteiger partial charge in [-0.25, -0.2) is 0 Å². The van der Waals surface area contributed by atoms with E-state index in [1.165, 1.54) is 19.2 Å². The first-order valence-electron chi connectivity index (χ1n) is 4.90. The molecule has 0 aliphatic rings. The monoisotopic (exact) mass is 245 g/mol. The molecule has 0 radical (unpaired) electrons. The van der Waals surface area contributed by atoms with Crippen LogP contribution in [0, 0.1) is 0 Å². The standard InChI is InChI=1S/C11H13F2NO3/c1-16-10(15)6-8(14)7-4-2-3-5-9(7)17-11(12)13/h2-5,8,11H,6,14H2,1H3. The minimum absolute atomic E-state index is 0.0288. The summed E-state index contributed by atoms with van der Waals surface area (Å²) >= 11 is 0. The maximum Gasteiger partial charge on any atom is 0.387 e. The second-order valence-electron chi connectivity index (χ2n) is 3.30. The van der Waals surface area contributed by atoms with Gasteiger partial charge < -0.3 is 15.2 Å². The van der Waals surface area contributed by atoms with Crippen LogP contribution in [0.4, 0.5) is 8.78 Å². The smallest absolute Gasteiger partial charge is 0.387 e. The Morgan fingerprint density at radius 1 is 1.41 bits per heavy atom. The Kier molecular flexibility index (Phi) is 4.84. The molecular formula is C11H13F2NO3. The number of carbonyl (C=O) groups is 1. The van der Waals surface area contributed by atoms with Crippen LogP contribution in [0.3, 0.4) is 0 Å². The number of benzene rings is 1. The van der Waals surface area contributed by atoms with Crippen molar-refractivity contribution in [2.24, 2.45) is 5.73 Å². The van der Waals surface area contributed by atoms with E-state index >= 15 is 0 Å². The largest absolute Gasteiger partial charge is 0.469 e. The molecule has 1 aromatic carbocycles. The van der Waals surface area contributed by atoms with E-state index in [9.17, 15) is 13.6 Å². The summed E-state index contributed by atoms with van der Waals surface area (Å²) in [4.78, 5) is 11.0. The number of halogens is 2. The topological polar surface area (TPSA) is 61.5 Å². The molecule has 1 aromatic rings. The lowest BCUT2D eigenvalue weighted by Gasteiger charge is -2.15. The number of esters is 1. The normalized spacial score (nSPS) is 12.3. The lowest BCUT2D eigenvalue weighted by atomic mass is 10.0. The van der Waals surface area contributed by atoms with Gasteiger partial charge in [0.25, 0.3) is 0 Å². The summed E-state index contributed by atoms with van der Waals surface area (Å²) in [6.45, 7) is -2.93. The van der Waals surface area contributed by atoms with Crippen LogP contribution >= 0.6 is 0 Å². The second-order valence-corrected chi connectivity index (χ2v) is 3.30. The molecular weight excluding hydrogens is 232 g/mol. The first-order chi connectivity index (χ1) is 8.04. The highest BCUT2D eigenvalue weighted by Gasteiger charge is 2.17. The van der Waals surface area contributed by atoms with Crippen LogP contribution in [0.15, 0.2) is 24.3 Å². The maximum atomic E-state index is 12.1. The summed E-state index contributed by atoms with van der Waals surface area (Å²) < 4.78 is 33.0. The zero-order chi connectivity index (χ0) is 12.8. The second kappa shape index (κ2) is 6.15. The number of ether oxygens (including phenoxy) is 2. The molecule has 0 saturated carbocycles. The zero-order valence-electron chi connectivity index (χ0n) is 9.23. The van der Waals surface area contributed by atoms with Crippen molar-refractivity contribution in [3.05, 3.63) is 29.8 Å². The fourth-order valence-corrected chi connectivity index (χ4v) is 1.36. The fraction of sp³-hybridized carbons (Fsp3) is 0.364. The third-order valence-corrected chi connectivity index (χ3v) is 2.15. The van der Waals surface area contributed by atoms with Crippen molar-refractivity contribution in [3.8, 4) is 5.75 Å². The number of alkyl halides is 2. The number of para-hydroxylation sites is 1. The SMILES string of the molecule is COC(=O)CC(N)c1ccccc1OC(F)F. The molecule has 0 fully saturated rings. The van der Waals surface area contributed by atoms with Gasteiger partial charge in [-0.05, 0) is 6.07 Å². The molecule has 94 valence electrons. The molecule has 0 bridgehead atoms. The Morgan fingerprint density at radius 2 is 2.06 bits per heavy atom. The molecule has 0 aliphatic carbocycles. The van der Waals surface area contributed by atoms with Gasteiger partial charge in [0.15, 0.2) is 0 Å². The number of rotatable bonds is 5. The minimum atomic E-state index is -2.93. The van der Waals surface area contributed by atoms with Gasteiger partial charge in [-0.2, -0.15) is 8.78 Å². The van der Waals surface area contributed by atoms with Gasteiger partial charge in [-0.3, -0.25) is 4.79 Å². The first kappa shape index (κ1) is 13.4. The lowest BCUT2D eigenvalue weighted by Crippen LogP contribution is -2.18. The van der Waals surface area contributed by atoms with Crippen LogP contribution in [0.25, 0.3) is 0 Å². The molecule has 0 aliphatic heterocycles. The molecule has 4 nitrogen and oxygen atoms in total. The van der Waals surface area contributed by atoms with Crippen LogP contribution in [0.2, 0.25) is 0 Å². The van der Waals surface area contributed by atoms with Crippen molar-refractivity contribution in [1.29, 1.82) is 0 Å². The number of methoxy groups -OCH3 is 1. The molecule has 0 spiro atoms. The van der Waals surface area contributed by atoms with E-state index in [4.69, 9.17) is 5.73 Å². The van der Waals surface area contributed by atoms with E-state index in [1.54, 1.807) is 12.1 Å². The highest BCUT2D eigenvalue weighted by Crippen LogP contribution is 2.27. The van der Waals surface area contributed by atoms with Crippen molar-refractivity contribution >= 4 is 5.97 Å². The molecule has 0 aromatic heterocycles. The quantitative estimate of drug-likeness (QED) is 0.804. The Hall–Kier alpha value is -1.69. The molecule has 1 atom stereocenters. The first-order valence-corrected chi connectivity index (χ1v) is 4.90. The van der Waals surface area contributed by atoms with Crippen molar-refractivity contribution in [3.63, 3.8) is 0 Å². The van der Waals surface area contributed by atoms with Gasteiger partial charge in [-0.15, -0.1) is 0 Å². The van der Waals surface area contributed by atoms with Crippen molar-refractivity contribution in [2.75, 3.05) is 7.11 Å². The van der Waals surface area contributed by atoms with Crippen LogP contribution < -0.4 is 10.5 Å². The van der Waals surface area contributed by atoms with E-state index in [2.05, 4.69) is 9.47 Å². The molecule has 2 N–H and O–H groups in total. The van der Waals surface area contributed by atoms with Gasteiger partial charge >= 0.3 is 12.6 Å². The summed E-state index contributed by atoms with van der Waals surface area (Å²) in [5, 5.41) is 0. The molecule has 17 heavy (non-hydrogen) atoms. The molecule has 6 heteroatoms. The molecule has 0 saturated heterocycles. The molecule has 1 unspecified atom stereocenters. The highest BCUT2D eigenvalue weighted by atomic mass is 19.3. The van der Waals surface area contributed by atoms with Crippen LogP contribution in [0.5, 0.6) is 5.75 Å². The number of hydrogen-bond donors (Lipinski definition) is 1. The molecule has 0 heterocycles. The van der Waals surface area contributed by atoms with Gasteiger partial charge in [0.05, 0.1) is 13.5 Å². The molecule has 1 rings (SSSR count). The van der Waals surface area contributed by atoms with Crippen molar-refractivity contribution < 1.29 is 23.0 Å². The highest BCUT2D eigenvalue weighted by molar-refractivity contribution is 5.70. The van der Waals surface area contributed by atoms with Gasteiger partial charge in [0, 0.05) is 11.6 Å². The fourth-order valence-electron chi connectivity index (χ4n) is 1.36. The van der Waals surface area contributed by atoms with E-state index in [0.29, 0.717) is 5.56 Å².